The van der Waals surface area contributed by atoms with Crippen molar-refractivity contribution < 1.29 is 180 Å². The van der Waals surface area contributed by atoms with Crippen molar-refractivity contribution in [2.75, 3.05) is 138 Å². The molecule has 0 bridgehead atoms. The van der Waals surface area contributed by atoms with Crippen LogP contribution in [0.4, 0.5) is 0 Å². The molecular weight excluding hydrogens is 1330 g/mol. The van der Waals surface area contributed by atoms with Gasteiger partial charge in [-0.15, -0.1) is 0 Å². The summed E-state index contributed by atoms with van der Waals surface area (Å²) < 4.78 is 0. The highest BCUT2D eigenvalue weighted by Gasteiger charge is 2.34. The summed E-state index contributed by atoms with van der Waals surface area (Å²) in [5.41, 5.74) is 0. The van der Waals surface area contributed by atoms with Gasteiger partial charge in [-0.3, -0.25) is 67.7 Å². The van der Waals surface area contributed by atoms with Crippen molar-refractivity contribution in [3.05, 3.63) is 0 Å². The minimum Gasteiger partial charge on any atom is -0.480 e. The number of rotatable bonds is 54. The number of carboxylic acid groups (broad SMARTS) is 3. The summed E-state index contributed by atoms with van der Waals surface area (Å²) in [7, 11) is 0. The van der Waals surface area contributed by atoms with E-state index in [4.69, 9.17) is 39.8 Å². The molecule has 0 aromatic rings. The van der Waals surface area contributed by atoms with E-state index in [1.165, 1.54) is 0 Å². The van der Waals surface area contributed by atoms with Gasteiger partial charge in [0.25, 0.3) is 23.6 Å². The third-order valence-electron chi connectivity index (χ3n) is 12.8. The number of imide groups is 2. The Morgan fingerprint density at radius 3 is 0.753 bits per heavy atom. The highest BCUT2D eigenvalue weighted by molar-refractivity contribution is 5.97. The largest absolute Gasteiger partial charge is 0.480 e. The van der Waals surface area contributed by atoms with Crippen LogP contribution in [0.2, 0.25) is 0 Å². The molecule has 47 heteroatoms. The van der Waals surface area contributed by atoms with Crippen LogP contribution in [-0.4, -0.2) is 456 Å². The van der Waals surface area contributed by atoms with Gasteiger partial charge in [0.2, 0.25) is 11.8 Å². The van der Waals surface area contributed by atoms with Gasteiger partial charge in [-0.05, 0) is 0 Å². The van der Waals surface area contributed by atoms with Crippen LogP contribution in [0.15, 0.2) is 20.6 Å². The summed E-state index contributed by atoms with van der Waals surface area (Å²) in [6, 6.07) is 0. The number of hydrogen-bond acceptors (Lipinski definition) is 40. The number of amides is 6. The summed E-state index contributed by atoms with van der Waals surface area (Å²) in [5.74, 6) is -11.4. The van der Waals surface area contributed by atoms with E-state index in [0.717, 1.165) is 14.7 Å². The molecule has 0 aliphatic carbocycles. The lowest BCUT2D eigenvalue weighted by Gasteiger charge is -2.28. The molecule has 0 radical (unpaired) electrons. The van der Waals surface area contributed by atoms with Crippen molar-refractivity contribution in [1.82, 2.24) is 35.1 Å². The summed E-state index contributed by atoms with van der Waals surface area (Å²) in [6.45, 7) is -16.9. The number of carbonyl (C=O) groups is 9. The molecule has 25 N–H and O–H groups in total. The first-order valence-corrected chi connectivity index (χ1v) is 28.6. The van der Waals surface area contributed by atoms with Crippen LogP contribution in [0.1, 0.15) is 0 Å². The maximum absolute atomic E-state index is 13.2. The Kier molecular flexibility index (Phi) is 45.4. The second kappa shape index (κ2) is 49.2. The zero-order valence-electron chi connectivity index (χ0n) is 51.5. The van der Waals surface area contributed by atoms with Crippen molar-refractivity contribution in [3.8, 4) is 0 Å². The first-order chi connectivity index (χ1) is 45.6. The van der Waals surface area contributed by atoms with Crippen LogP contribution in [0, 0.1) is 0 Å². The Labute approximate surface area is 548 Å². The summed E-state index contributed by atoms with van der Waals surface area (Å²) in [5, 5.41) is 239. The van der Waals surface area contributed by atoms with Crippen molar-refractivity contribution in [3.63, 3.8) is 0 Å². The highest BCUT2D eigenvalue weighted by Crippen LogP contribution is 2.09. The number of aliphatic hydroxyl groups excluding tert-OH is 20. The third-order valence-corrected chi connectivity index (χ3v) is 12.8. The zero-order valence-corrected chi connectivity index (χ0v) is 51.5. The van der Waals surface area contributed by atoms with Crippen LogP contribution >= 0.6 is 0 Å². The van der Waals surface area contributed by atoms with Crippen molar-refractivity contribution in [2.45, 2.75) is 97.7 Å². The fraction of sp³-hybridized carbons (Fsp3) is 0.740. The topological polar surface area (TPSA) is 746 Å². The molecular formula is C50H87N11O36. The van der Waals surface area contributed by atoms with Crippen LogP contribution < -0.4 is 10.6 Å². The number of nitrogens with zero attached hydrogens (tertiary/aromatic N) is 9. The van der Waals surface area contributed by atoms with Gasteiger partial charge in [-0.25, -0.2) is 0 Å². The molecule has 558 valence electrons. The van der Waals surface area contributed by atoms with E-state index in [9.17, 15) is 140 Å². The fourth-order valence-corrected chi connectivity index (χ4v) is 7.35. The molecule has 0 rings (SSSR count). The van der Waals surface area contributed by atoms with Crippen LogP contribution in [0.25, 0.3) is 0 Å². The van der Waals surface area contributed by atoms with E-state index < -0.39 is 276 Å². The van der Waals surface area contributed by atoms with E-state index in [0.29, 0.717) is 34.7 Å². The van der Waals surface area contributed by atoms with Gasteiger partial charge in [0.05, 0.1) is 84.0 Å². The van der Waals surface area contributed by atoms with E-state index >= 15 is 0 Å². The average Bonchev–Trinajstić information content (AvgIpc) is 1.88. The zero-order chi connectivity index (χ0) is 74.1. The predicted octanol–water partition coefficient (Wildman–Crippen LogP) is -18.2. The SMILES string of the molecule is O=C(O)CN(CCN(CC(=O)O)CC(=O)NCCN(C(=O)CO/N=C/C(O)[C@H](O)C(O)C(O)CO)C(=O)CO/N=C/C(O)[C@H](O)[C@H](O)C(O)CO)CCN(CC(=O)O)CC(=O)NCCN(C(=O)CO/N=C/C(O)[C@@H](O)[C@H](O)C(O)CO)C(=O)CO/N=C/C(O)[C@H](O)[C@H](O)C(O)CO. The number of aliphatic carboxylic acids is 3. The molecule has 47 nitrogen and oxygen atoms in total. The van der Waals surface area contributed by atoms with Gasteiger partial charge < -0.3 is 147 Å². The molecule has 0 aromatic heterocycles. The van der Waals surface area contributed by atoms with Crippen LogP contribution in [0.5, 0.6) is 0 Å². The molecule has 6 amide bonds. The van der Waals surface area contributed by atoms with E-state index in [-0.39, 0.29) is 13.1 Å². The van der Waals surface area contributed by atoms with Gasteiger partial charge in [0.1, 0.15) is 97.7 Å². The predicted molar refractivity (Wildman–Crippen MR) is 314 cm³/mol. The molecule has 9 unspecified atom stereocenters. The van der Waals surface area contributed by atoms with Crippen molar-refractivity contribution in [2.24, 2.45) is 20.6 Å². The molecule has 16 atom stereocenters. The van der Waals surface area contributed by atoms with Crippen LogP contribution in [0.3, 0.4) is 0 Å². The molecule has 97 heavy (non-hydrogen) atoms. The second-order valence-electron chi connectivity index (χ2n) is 20.5. The minimum absolute atomic E-state index is 0.354. The monoisotopic (exact) mass is 1420 g/mol. The molecule has 0 aromatic carbocycles. The number of aliphatic hydroxyl groups is 20. The summed E-state index contributed by atoms with van der Waals surface area (Å²) in [6.07, 6.45) is -30.9. The molecule has 0 spiro atoms. The molecule has 0 aliphatic heterocycles. The molecule has 0 saturated carbocycles. The smallest absolute Gasteiger partial charge is 0.317 e. The summed E-state index contributed by atoms with van der Waals surface area (Å²) >= 11 is 0. The van der Waals surface area contributed by atoms with Crippen molar-refractivity contribution >= 4 is 78.2 Å². The van der Waals surface area contributed by atoms with Gasteiger partial charge in [0.15, 0.2) is 26.4 Å². The van der Waals surface area contributed by atoms with Gasteiger partial charge in [-0.2, -0.15) is 0 Å². The lowest BCUT2D eigenvalue weighted by molar-refractivity contribution is -0.152. The highest BCUT2D eigenvalue weighted by atomic mass is 16.6. The Balaban J connectivity index is 6.24. The number of carbonyl (C=O) groups excluding carboxylic acids is 6. The Hall–Kier alpha value is -7.41. The Bertz CT molecular complexity index is 2230. The van der Waals surface area contributed by atoms with Crippen molar-refractivity contribution in [1.29, 1.82) is 0 Å². The number of nitrogens with one attached hydrogen (secondary N) is 2. The van der Waals surface area contributed by atoms with Gasteiger partial charge in [0, 0.05) is 52.4 Å². The normalized spacial score (nSPS) is 17.1. The standard InChI is InChI=1S/C50H87N11O36/c62-18-30(70)47(90)43(86)26(66)9-53-94-22-36(76)60(37(77)23-95-54-10-27(67)44(87)48(91)31(71)19-63)3-1-51-34(74)13-58(16-41(82)83)7-5-57(15-40(80)81)6-8-59(17-42(84)85)14-35(75)52-2-4-61(38(78)24-96-55-11-28(68)45(88)49(92)32(72)20-64)39(79)25-97-56-12-29(69)46(89)50(93)33(73)21-65/h9-12,26-33,43-50,62-73,86-93H,1-8,13-25H2,(H,51,74)(H,52,75)(H,80,81)(H,82,83)(H,84,85)/b53-9+,54-10+,55-11+,56-12+/t26?,27?,28?,29?,30?,31?,32?,33?,43-,44-,45-,46+,47+,48?,49+,50+/m0/s1. The van der Waals surface area contributed by atoms with Crippen LogP contribution in [-0.2, 0) is 62.5 Å². The number of carboxylic acids is 3. The average molecular weight is 1420 g/mol. The quantitative estimate of drug-likeness (QED) is 0.0199. The first-order valence-electron chi connectivity index (χ1n) is 28.6. The van der Waals surface area contributed by atoms with E-state index in [2.05, 4.69) is 31.3 Å². The Morgan fingerprint density at radius 2 is 0.536 bits per heavy atom. The maximum atomic E-state index is 13.2. The first kappa shape index (κ1) is 89.6. The second-order valence-corrected chi connectivity index (χ2v) is 20.5. The minimum atomic E-state index is -2.14. The lowest BCUT2D eigenvalue weighted by atomic mass is 10.0. The molecule has 0 fully saturated rings. The van der Waals surface area contributed by atoms with Gasteiger partial charge >= 0.3 is 17.9 Å². The van der Waals surface area contributed by atoms with E-state index in [1.54, 1.807) is 0 Å². The number of hydrogen-bond donors (Lipinski definition) is 25. The molecule has 0 aliphatic rings. The number of oxime groups is 4. The Morgan fingerprint density at radius 1 is 0.320 bits per heavy atom. The summed E-state index contributed by atoms with van der Waals surface area (Å²) in [4.78, 5) is 138. The molecule has 0 heterocycles. The van der Waals surface area contributed by atoms with Gasteiger partial charge in [-0.1, -0.05) is 20.6 Å². The third kappa shape index (κ3) is 36.7. The van der Waals surface area contributed by atoms with E-state index in [1.807, 2.05) is 0 Å². The fourth-order valence-electron chi connectivity index (χ4n) is 7.35. The lowest BCUT2D eigenvalue weighted by Crippen LogP contribution is -2.49. The molecule has 0 saturated heterocycles. The maximum Gasteiger partial charge on any atom is 0.317 e.